The Labute approximate surface area is 186 Å². The molecule has 0 N–H and O–H groups in total. The maximum absolute atomic E-state index is 13.6. The highest BCUT2D eigenvalue weighted by molar-refractivity contribution is 5.89. The van der Waals surface area contributed by atoms with Crippen molar-refractivity contribution in [2.24, 2.45) is 5.92 Å². The molecule has 1 aliphatic rings. The van der Waals surface area contributed by atoms with Crippen molar-refractivity contribution >= 4 is 11.8 Å². The number of halogens is 2. The molecule has 1 fully saturated rings. The first-order chi connectivity index (χ1) is 15.2. The predicted molar refractivity (Wildman–Crippen MR) is 115 cm³/mol. The summed E-state index contributed by atoms with van der Waals surface area (Å²) in [6, 6.07) is 8.77. The van der Waals surface area contributed by atoms with Crippen LogP contribution in [0.5, 0.6) is 11.5 Å². The molecule has 1 aliphatic heterocycles. The van der Waals surface area contributed by atoms with Crippen molar-refractivity contribution in [3.05, 3.63) is 59.2 Å². The van der Waals surface area contributed by atoms with Crippen LogP contribution in [0.25, 0.3) is 0 Å². The van der Waals surface area contributed by atoms with Crippen molar-refractivity contribution in [1.29, 1.82) is 0 Å². The summed E-state index contributed by atoms with van der Waals surface area (Å²) in [5, 5.41) is 0. The first-order valence-electron chi connectivity index (χ1n) is 10.5. The van der Waals surface area contributed by atoms with Crippen LogP contribution in [-0.4, -0.2) is 56.0 Å². The van der Waals surface area contributed by atoms with E-state index in [0.29, 0.717) is 36.6 Å². The summed E-state index contributed by atoms with van der Waals surface area (Å²) in [4.78, 5) is 28.7. The van der Waals surface area contributed by atoms with Crippen LogP contribution in [-0.2, 0) is 16.0 Å². The van der Waals surface area contributed by atoms with Crippen molar-refractivity contribution in [1.82, 2.24) is 9.80 Å². The van der Waals surface area contributed by atoms with Gasteiger partial charge in [-0.1, -0.05) is 12.1 Å². The van der Waals surface area contributed by atoms with Crippen molar-refractivity contribution < 1.29 is 27.8 Å². The lowest BCUT2D eigenvalue weighted by molar-refractivity contribution is -0.136. The number of ether oxygens (including phenoxy) is 2. The third-order valence-corrected chi connectivity index (χ3v) is 6.04. The second-order valence-corrected chi connectivity index (χ2v) is 7.98. The number of benzene rings is 2. The normalized spacial score (nSPS) is 16.8. The van der Waals surface area contributed by atoms with E-state index >= 15 is 0 Å². The van der Waals surface area contributed by atoms with E-state index in [4.69, 9.17) is 9.47 Å². The molecule has 0 spiro atoms. The molecule has 0 aliphatic carbocycles. The lowest BCUT2D eigenvalue weighted by Crippen LogP contribution is -2.36. The fourth-order valence-electron chi connectivity index (χ4n) is 3.93. The Bertz CT molecular complexity index is 998. The summed E-state index contributed by atoms with van der Waals surface area (Å²) >= 11 is 0. The topological polar surface area (TPSA) is 59.1 Å². The molecule has 32 heavy (non-hydrogen) atoms. The summed E-state index contributed by atoms with van der Waals surface area (Å²) in [7, 11) is 4.76. The predicted octanol–water partition coefficient (Wildman–Crippen LogP) is 3.59. The second-order valence-electron chi connectivity index (χ2n) is 7.98. The Kier molecular flexibility index (Phi) is 7.33. The molecular weight excluding hydrogens is 418 g/mol. The van der Waals surface area contributed by atoms with Gasteiger partial charge in [-0.15, -0.1) is 0 Å². The minimum absolute atomic E-state index is 0.0716. The van der Waals surface area contributed by atoms with E-state index in [9.17, 15) is 18.4 Å². The molecule has 2 aromatic rings. The molecule has 2 amide bonds. The first kappa shape index (κ1) is 23.5. The van der Waals surface area contributed by atoms with Crippen LogP contribution in [0.1, 0.15) is 30.5 Å². The fraction of sp³-hybridized carbons (Fsp3) is 0.417. The zero-order valence-corrected chi connectivity index (χ0v) is 18.7. The smallest absolute Gasteiger partial charge is 0.228 e. The Balaban J connectivity index is 1.60. The number of carbonyl (C=O) groups is 2. The molecular formula is C24H28F2N2O4. The Morgan fingerprint density at radius 3 is 2.50 bits per heavy atom. The molecule has 0 bridgehead atoms. The van der Waals surface area contributed by atoms with Gasteiger partial charge in [-0.25, -0.2) is 8.78 Å². The van der Waals surface area contributed by atoms with Crippen LogP contribution in [0.15, 0.2) is 36.4 Å². The number of amides is 2. The largest absolute Gasteiger partial charge is 0.493 e. The second kappa shape index (κ2) is 9.97. The highest BCUT2D eigenvalue weighted by Gasteiger charge is 2.36. The summed E-state index contributed by atoms with van der Waals surface area (Å²) in [6.07, 6.45) is 0.758. The lowest BCUT2D eigenvalue weighted by Gasteiger charge is -2.28. The number of hydrogen-bond acceptors (Lipinski definition) is 4. The van der Waals surface area contributed by atoms with Crippen molar-refractivity contribution in [2.45, 2.75) is 25.8 Å². The molecule has 2 unspecified atom stereocenters. The minimum atomic E-state index is -0.951. The van der Waals surface area contributed by atoms with Crippen LogP contribution in [0.2, 0.25) is 0 Å². The van der Waals surface area contributed by atoms with Gasteiger partial charge in [0.25, 0.3) is 0 Å². The first-order valence-corrected chi connectivity index (χ1v) is 10.5. The van der Waals surface area contributed by atoms with Crippen LogP contribution in [0, 0.1) is 17.6 Å². The maximum Gasteiger partial charge on any atom is 0.228 e. The Morgan fingerprint density at radius 2 is 1.84 bits per heavy atom. The number of hydrogen-bond donors (Lipinski definition) is 0. The van der Waals surface area contributed by atoms with Gasteiger partial charge >= 0.3 is 0 Å². The maximum atomic E-state index is 13.6. The van der Waals surface area contributed by atoms with Crippen molar-refractivity contribution in [3.8, 4) is 11.5 Å². The Morgan fingerprint density at radius 1 is 1.12 bits per heavy atom. The van der Waals surface area contributed by atoms with Gasteiger partial charge in [0.05, 0.1) is 26.2 Å². The van der Waals surface area contributed by atoms with E-state index < -0.39 is 23.6 Å². The zero-order chi connectivity index (χ0) is 23.4. The molecule has 3 rings (SSSR count). The zero-order valence-electron chi connectivity index (χ0n) is 18.7. The third kappa shape index (κ3) is 5.00. The average molecular weight is 446 g/mol. The van der Waals surface area contributed by atoms with E-state index in [1.807, 2.05) is 18.2 Å². The molecule has 1 saturated heterocycles. The van der Waals surface area contributed by atoms with Crippen molar-refractivity contribution in [2.75, 3.05) is 34.4 Å². The lowest BCUT2D eigenvalue weighted by atomic mass is 10.0. The number of nitrogens with zero attached hydrogens (tertiary/aromatic N) is 2. The summed E-state index contributed by atoms with van der Waals surface area (Å²) in [5.74, 6) is -1.35. The number of likely N-dealkylation sites (tertiary alicyclic amines) is 1. The van der Waals surface area contributed by atoms with E-state index in [1.54, 1.807) is 33.1 Å². The standard InChI is InChI=1S/C24H28F2N2O4/c1-15(17-6-7-19(25)20(26)12-17)27(2)24(30)18-13-23(29)28(14-18)10-9-16-5-8-21(31-3)22(11-16)32-4/h5-8,11-12,15,18H,9-10,13-14H2,1-4H3. The van der Waals surface area contributed by atoms with E-state index in [0.717, 1.165) is 17.7 Å². The number of rotatable bonds is 8. The SMILES string of the molecule is COc1ccc(CCN2CC(C(=O)N(C)C(C)c3ccc(F)c(F)c3)CC2=O)cc1OC. The quantitative estimate of drug-likeness (QED) is 0.622. The van der Waals surface area contributed by atoms with Gasteiger partial charge in [0, 0.05) is 26.6 Å². The monoisotopic (exact) mass is 446 g/mol. The van der Waals surface area contributed by atoms with Gasteiger partial charge in [-0.2, -0.15) is 0 Å². The Hall–Kier alpha value is -3.16. The number of methoxy groups -OCH3 is 2. The number of carbonyl (C=O) groups excluding carboxylic acids is 2. The van der Waals surface area contributed by atoms with Crippen LogP contribution in [0.3, 0.4) is 0 Å². The molecule has 2 aromatic carbocycles. The highest BCUT2D eigenvalue weighted by atomic mass is 19.2. The molecule has 172 valence electrons. The highest BCUT2D eigenvalue weighted by Crippen LogP contribution is 2.29. The average Bonchev–Trinajstić information content (AvgIpc) is 3.18. The minimum Gasteiger partial charge on any atom is -0.493 e. The third-order valence-electron chi connectivity index (χ3n) is 6.04. The van der Waals surface area contributed by atoms with Gasteiger partial charge in [-0.3, -0.25) is 9.59 Å². The van der Waals surface area contributed by atoms with Crippen LogP contribution < -0.4 is 9.47 Å². The molecule has 0 aromatic heterocycles. The van der Waals surface area contributed by atoms with Gasteiger partial charge in [-0.05, 0) is 48.7 Å². The van der Waals surface area contributed by atoms with Gasteiger partial charge in [0.15, 0.2) is 23.1 Å². The van der Waals surface area contributed by atoms with Gasteiger partial charge in [0.2, 0.25) is 11.8 Å². The molecule has 2 atom stereocenters. The summed E-state index contributed by atoms with van der Waals surface area (Å²) in [6.45, 7) is 2.57. The van der Waals surface area contributed by atoms with Gasteiger partial charge in [0.1, 0.15) is 0 Å². The molecule has 8 heteroatoms. The van der Waals surface area contributed by atoms with Crippen LogP contribution in [0.4, 0.5) is 8.78 Å². The molecule has 1 heterocycles. The van der Waals surface area contributed by atoms with E-state index in [-0.39, 0.29) is 18.2 Å². The van der Waals surface area contributed by atoms with E-state index in [1.165, 1.54) is 11.0 Å². The summed E-state index contributed by atoms with van der Waals surface area (Å²) < 4.78 is 37.4. The van der Waals surface area contributed by atoms with E-state index in [2.05, 4.69) is 0 Å². The summed E-state index contributed by atoms with van der Waals surface area (Å²) in [5.41, 5.74) is 1.49. The molecule has 6 nitrogen and oxygen atoms in total. The van der Waals surface area contributed by atoms with Gasteiger partial charge < -0.3 is 19.3 Å². The molecule has 0 saturated carbocycles. The fourth-order valence-corrected chi connectivity index (χ4v) is 3.93. The van der Waals surface area contributed by atoms with Crippen molar-refractivity contribution in [3.63, 3.8) is 0 Å². The molecule has 0 radical (unpaired) electrons. The van der Waals surface area contributed by atoms with Crippen LogP contribution >= 0.6 is 0 Å².